The first-order valence-corrected chi connectivity index (χ1v) is 9.56. The minimum atomic E-state index is -0.275. The first-order valence-electron chi connectivity index (χ1n) is 8.62. The Balaban J connectivity index is 1.37. The van der Waals surface area contributed by atoms with Crippen LogP contribution in [-0.4, -0.2) is 41.6 Å². The molecule has 1 aromatic carbocycles. The lowest BCUT2D eigenvalue weighted by molar-refractivity contribution is 0.0801. The van der Waals surface area contributed by atoms with E-state index in [1.54, 1.807) is 28.4 Å². The van der Waals surface area contributed by atoms with Crippen LogP contribution in [0.5, 0.6) is 5.75 Å². The fourth-order valence-corrected chi connectivity index (χ4v) is 3.54. The molecule has 2 heterocycles. The van der Waals surface area contributed by atoms with Crippen LogP contribution in [0, 0.1) is 5.92 Å². The van der Waals surface area contributed by atoms with Gasteiger partial charge in [0.1, 0.15) is 12.4 Å². The number of aromatic hydroxyl groups is 1. The number of hydrogen-bond acceptors (Lipinski definition) is 5. The van der Waals surface area contributed by atoms with Crippen LogP contribution < -0.4 is 5.32 Å². The minimum Gasteiger partial charge on any atom is -0.508 e. The molecule has 0 atom stereocenters. The Kier molecular flexibility index (Phi) is 6.12. The van der Waals surface area contributed by atoms with E-state index < -0.39 is 0 Å². The van der Waals surface area contributed by atoms with Crippen molar-refractivity contribution in [3.63, 3.8) is 0 Å². The summed E-state index contributed by atoms with van der Waals surface area (Å²) in [4.78, 5) is 25.9. The summed E-state index contributed by atoms with van der Waals surface area (Å²) < 4.78 is 5.33. The molecule has 2 N–H and O–H groups in total. The van der Waals surface area contributed by atoms with Gasteiger partial charge in [-0.25, -0.2) is 4.79 Å². The molecular formula is C19H22N2O4S. The van der Waals surface area contributed by atoms with E-state index in [1.165, 1.54) is 12.1 Å². The van der Waals surface area contributed by atoms with Gasteiger partial charge in [0.05, 0.1) is 0 Å². The molecule has 0 saturated carbocycles. The molecule has 0 aliphatic carbocycles. The molecule has 1 fully saturated rings. The Bertz CT molecular complexity index is 723. The number of nitrogens with zero attached hydrogens (tertiary/aromatic N) is 1. The first kappa shape index (κ1) is 18.3. The number of phenolic OH excluding ortho intramolecular Hbond substituents is 1. The highest BCUT2D eigenvalue weighted by Gasteiger charge is 2.24. The standard InChI is InChI=1S/C19H22N2O4S/c22-17-3-1-16(2-4-17)18(23)20-11-14-5-8-21(9-6-14)19(24)25-12-15-7-10-26-13-15/h1-4,7,10,13-14,22H,5-6,8-9,11-12H2,(H,20,23). The maximum atomic E-state index is 12.1. The zero-order chi connectivity index (χ0) is 18.4. The lowest BCUT2D eigenvalue weighted by Crippen LogP contribution is -2.41. The van der Waals surface area contributed by atoms with E-state index in [1.807, 2.05) is 16.8 Å². The van der Waals surface area contributed by atoms with Crippen molar-refractivity contribution in [1.82, 2.24) is 10.2 Å². The number of hydrogen-bond donors (Lipinski definition) is 2. The molecule has 138 valence electrons. The maximum Gasteiger partial charge on any atom is 0.410 e. The van der Waals surface area contributed by atoms with Gasteiger partial charge in [-0.2, -0.15) is 11.3 Å². The molecule has 0 bridgehead atoms. The number of nitrogens with one attached hydrogen (secondary N) is 1. The lowest BCUT2D eigenvalue weighted by Gasteiger charge is -2.31. The van der Waals surface area contributed by atoms with Crippen LogP contribution in [-0.2, 0) is 11.3 Å². The predicted molar refractivity (Wildman–Crippen MR) is 99.2 cm³/mol. The van der Waals surface area contributed by atoms with E-state index in [2.05, 4.69) is 5.32 Å². The number of carbonyl (C=O) groups is 2. The molecule has 1 saturated heterocycles. The average molecular weight is 374 g/mol. The molecule has 6 nitrogen and oxygen atoms in total. The number of phenols is 1. The molecule has 0 spiro atoms. The van der Waals surface area contributed by atoms with Gasteiger partial charge < -0.3 is 20.1 Å². The molecule has 2 aromatic rings. The minimum absolute atomic E-state index is 0.139. The van der Waals surface area contributed by atoms with Gasteiger partial charge >= 0.3 is 6.09 Å². The summed E-state index contributed by atoms with van der Waals surface area (Å²) in [6.45, 7) is 2.17. The van der Waals surface area contributed by atoms with Crippen LogP contribution in [0.25, 0.3) is 0 Å². The summed E-state index contributed by atoms with van der Waals surface area (Å²) >= 11 is 1.58. The van der Waals surface area contributed by atoms with Gasteiger partial charge in [0.2, 0.25) is 0 Å². The monoisotopic (exact) mass is 374 g/mol. The van der Waals surface area contributed by atoms with Crippen LogP contribution in [0.15, 0.2) is 41.1 Å². The van der Waals surface area contributed by atoms with E-state index in [0.29, 0.717) is 37.7 Å². The maximum absolute atomic E-state index is 12.1. The van der Waals surface area contributed by atoms with E-state index in [0.717, 1.165) is 18.4 Å². The number of carbonyl (C=O) groups excluding carboxylic acids is 2. The fourth-order valence-electron chi connectivity index (χ4n) is 2.88. The number of thiophene rings is 1. The average Bonchev–Trinajstić information content (AvgIpc) is 3.19. The quantitative estimate of drug-likeness (QED) is 0.842. The van der Waals surface area contributed by atoms with Crippen LogP contribution >= 0.6 is 11.3 Å². The highest BCUT2D eigenvalue weighted by atomic mass is 32.1. The van der Waals surface area contributed by atoms with Gasteiger partial charge in [-0.1, -0.05) is 0 Å². The van der Waals surface area contributed by atoms with Crippen molar-refractivity contribution in [2.24, 2.45) is 5.92 Å². The van der Waals surface area contributed by atoms with E-state index in [-0.39, 0.29) is 17.7 Å². The number of amides is 2. The highest BCUT2D eigenvalue weighted by Crippen LogP contribution is 2.18. The van der Waals surface area contributed by atoms with Crippen LogP contribution in [0.1, 0.15) is 28.8 Å². The molecule has 3 rings (SSSR count). The second-order valence-electron chi connectivity index (χ2n) is 6.37. The van der Waals surface area contributed by atoms with Crippen molar-refractivity contribution in [1.29, 1.82) is 0 Å². The van der Waals surface area contributed by atoms with E-state index in [9.17, 15) is 14.7 Å². The number of likely N-dealkylation sites (tertiary alicyclic amines) is 1. The van der Waals surface area contributed by atoms with Gasteiger partial charge in [-0.15, -0.1) is 0 Å². The van der Waals surface area contributed by atoms with Crippen LogP contribution in [0.4, 0.5) is 4.79 Å². The lowest BCUT2D eigenvalue weighted by atomic mass is 9.97. The topological polar surface area (TPSA) is 78.9 Å². The Hall–Kier alpha value is -2.54. The summed E-state index contributed by atoms with van der Waals surface area (Å²) in [6, 6.07) is 8.12. The highest BCUT2D eigenvalue weighted by molar-refractivity contribution is 7.07. The zero-order valence-corrected chi connectivity index (χ0v) is 15.2. The van der Waals surface area contributed by atoms with Crippen molar-refractivity contribution >= 4 is 23.3 Å². The van der Waals surface area contributed by atoms with Crippen LogP contribution in [0.3, 0.4) is 0 Å². The van der Waals surface area contributed by atoms with Crippen molar-refractivity contribution in [3.8, 4) is 5.75 Å². The molecule has 1 aliphatic rings. The molecule has 7 heteroatoms. The van der Waals surface area contributed by atoms with E-state index in [4.69, 9.17) is 4.74 Å². The third kappa shape index (κ3) is 4.98. The van der Waals surface area contributed by atoms with Gasteiger partial charge in [0, 0.05) is 30.8 Å². The summed E-state index contributed by atoms with van der Waals surface area (Å²) in [5, 5.41) is 16.1. The fraction of sp³-hybridized carbons (Fsp3) is 0.368. The van der Waals surface area contributed by atoms with Crippen molar-refractivity contribution in [2.45, 2.75) is 19.4 Å². The summed E-state index contributed by atoms with van der Waals surface area (Å²) in [7, 11) is 0. The Morgan fingerprint density at radius 3 is 2.58 bits per heavy atom. The largest absolute Gasteiger partial charge is 0.508 e. The zero-order valence-electron chi connectivity index (χ0n) is 14.4. The Labute approximate surface area is 156 Å². The first-order chi connectivity index (χ1) is 12.6. The molecule has 1 aromatic heterocycles. The molecule has 0 radical (unpaired) electrons. The van der Waals surface area contributed by atoms with Gasteiger partial charge in [0.15, 0.2) is 0 Å². The molecular weight excluding hydrogens is 352 g/mol. The van der Waals surface area contributed by atoms with Crippen molar-refractivity contribution in [3.05, 3.63) is 52.2 Å². The Morgan fingerprint density at radius 1 is 1.19 bits per heavy atom. The van der Waals surface area contributed by atoms with Crippen LogP contribution in [0.2, 0.25) is 0 Å². The second-order valence-corrected chi connectivity index (χ2v) is 7.15. The molecule has 1 aliphatic heterocycles. The smallest absolute Gasteiger partial charge is 0.410 e. The van der Waals surface area contributed by atoms with E-state index >= 15 is 0 Å². The molecule has 0 unspecified atom stereocenters. The summed E-state index contributed by atoms with van der Waals surface area (Å²) in [6.07, 6.45) is 1.40. The molecule has 26 heavy (non-hydrogen) atoms. The van der Waals surface area contributed by atoms with Gasteiger partial charge in [-0.3, -0.25) is 4.79 Å². The third-order valence-electron chi connectivity index (χ3n) is 4.50. The number of benzene rings is 1. The molecule has 2 amide bonds. The van der Waals surface area contributed by atoms with Crippen molar-refractivity contribution < 1.29 is 19.4 Å². The number of piperidine rings is 1. The normalized spacial score (nSPS) is 14.8. The van der Waals surface area contributed by atoms with Crippen molar-refractivity contribution in [2.75, 3.05) is 19.6 Å². The summed E-state index contributed by atoms with van der Waals surface area (Å²) in [5.74, 6) is 0.333. The second kappa shape index (κ2) is 8.71. The SMILES string of the molecule is O=C(NCC1CCN(C(=O)OCc2ccsc2)CC1)c1ccc(O)cc1. The number of ether oxygens (including phenoxy) is 1. The summed E-state index contributed by atoms with van der Waals surface area (Å²) in [5.41, 5.74) is 1.53. The van der Waals surface area contributed by atoms with Gasteiger partial charge in [0.25, 0.3) is 5.91 Å². The Morgan fingerprint density at radius 2 is 1.92 bits per heavy atom. The predicted octanol–water partition coefficient (Wildman–Crippen LogP) is 3.23. The third-order valence-corrected chi connectivity index (χ3v) is 5.23. The number of rotatable bonds is 5. The van der Waals surface area contributed by atoms with Gasteiger partial charge in [-0.05, 0) is 59.9 Å².